The molecule has 0 aliphatic rings. The number of hydrogen-bond acceptors (Lipinski definition) is 3. The van der Waals surface area contributed by atoms with E-state index in [1.807, 2.05) is 20.8 Å². The lowest BCUT2D eigenvalue weighted by Gasteiger charge is -2.08. The number of rotatable bonds is 3. The Bertz CT molecular complexity index is 179. The monoisotopic (exact) mass is 171 g/mol. The highest BCUT2D eigenvalue weighted by Crippen LogP contribution is 2.07. The molecular weight excluding hydrogens is 154 g/mol. The molecule has 0 fully saturated rings. The molecule has 70 valence electrons. The minimum Gasteiger partial charge on any atom is -0.384 e. The fourth-order valence-corrected chi connectivity index (χ4v) is 0.453. The highest BCUT2D eigenvalue weighted by atomic mass is 16.5. The summed E-state index contributed by atoms with van der Waals surface area (Å²) in [5.41, 5.74) is 5.46. The molecule has 0 bridgehead atoms. The molecular formula is C8H17N3O. The van der Waals surface area contributed by atoms with Crippen molar-refractivity contribution < 1.29 is 4.74 Å². The van der Waals surface area contributed by atoms with Crippen molar-refractivity contribution in [3.8, 4) is 0 Å². The van der Waals surface area contributed by atoms with Gasteiger partial charge in [0.25, 0.3) is 0 Å². The molecule has 0 rings (SSSR count). The van der Waals surface area contributed by atoms with Gasteiger partial charge in [-0.2, -0.15) is 5.10 Å². The molecule has 0 aliphatic carbocycles. The Labute approximate surface area is 73.5 Å². The summed E-state index contributed by atoms with van der Waals surface area (Å²) in [4.78, 5) is 0. The van der Waals surface area contributed by atoms with Crippen molar-refractivity contribution in [3.63, 3.8) is 0 Å². The fraction of sp³-hybridized carbons (Fsp3) is 0.750. The van der Waals surface area contributed by atoms with Crippen molar-refractivity contribution in [2.45, 2.75) is 20.8 Å². The van der Waals surface area contributed by atoms with E-state index < -0.39 is 0 Å². The second-order valence-corrected chi connectivity index (χ2v) is 3.63. The second kappa shape index (κ2) is 4.87. The summed E-state index contributed by atoms with van der Waals surface area (Å²) in [5.74, 6) is 0.387. The maximum atomic E-state index is 5.42. The molecule has 0 radical (unpaired) electrons. The van der Waals surface area contributed by atoms with Gasteiger partial charge in [-0.1, -0.05) is 20.8 Å². The van der Waals surface area contributed by atoms with Gasteiger partial charge in [0.15, 0.2) is 0 Å². The molecule has 0 spiro atoms. The van der Waals surface area contributed by atoms with Crippen LogP contribution in [0.2, 0.25) is 0 Å². The van der Waals surface area contributed by atoms with Crippen LogP contribution in [0.5, 0.6) is 0 Å². The van der Waals surface area contributed by atoms with Gasteiger partial charge in [-0.15, -0.1) is 5.10 Å². The van der Waals surface area contributed by atoms with Crippen molar-refractivity contribution in [1.82, 2.24) is 0 Å². The minimum absolute atomic E-state index is 0.0385. The van der Waals surface area contributed by atoms with Crippen LogP contribution in [0.4, 0.5) is 0 Å². The number of nitrogens with two attached hydrogens (primary N) is 1. The first kappa shape index (κ1) is 11.1. The van der Waals surface area contributed by atoms with Crippen LogP contribution >= 0.6 is 0 Å². The largest absolute Gasteiger partial charge is 0.384 e. The van der Waals surface area contributed by atoms with E-state index in [0.29, 0.717) is 12.4 Å². The molecule has 0 amide bonds. The normalized spacial score (nSPS) is 14.2. The molecule has 2 N–H and O–H groups in total. The van der Waals surface area contributed by atoms with Crippen molar-refractivity contribution in [2.24, 2.45) is 21.4 Å². The molecule has 0 saturated carbocycles. The SMILES string of the molecule is COCC(N)=N/N=C/C(C)(C)C. The summed E-state index contributed by atoms with van der Waals surface area (Å²) in [6.07, 6.45) is 1.75. The van der Waals surface area contributed by atoms with Crippen molar-refractivity contribution in [3.05, 3.63) is 0 Å². The smallest absolute Gasteiger partial charge is 0.148 e. The number of amidine groups is 1. The Balaban J connectivity index is 3.94. The van der Waals surface area contributed by atoms with Gasteiger partial charge in [-0.3, -0.25) is 0 Å². The lowest BCUT2D eigenvalue weighted by Crippen LogP contribution is -2.17. The van der Waals surface area contributed by atoms with E-state index in [-0.39, 0.29) is 5.41 Å². The number of nitrogens with zero attached hydrogens (tertiary/aromatic N) is 2. The van der Waals surface area contributed by atoms with Gasteiger partial charge in [0.05, 0.1) is 0 Å². The van der Waals surface area contributed by atoms with Crippen LogP contribution in [-0.4, -0.2) is 25.8 Å². The molecule has 4 nitrogen and oxygen atoms in total. The van der Waals surface area contributed by atoms with Crippen molar-refractivity contribution in [1.29, 1.82) is 0 Å². The zero-order valence-electron chi connectivity index (χ0n) is 8.16. The first-order valence-corrected chi connectivity index (χ1v) is 3.81. The zero-order valence-corrected chi connectivity index (χ0v) is 8.16. The van der Waals surface area contributed by atoms with Gasteiger partial charge in [0.2, 0.25) is 0 Å². The molecule has 0 atom stereocenters. The van der Waals surface area contributed by atoms with E-state index in [1.165, 1.54) is 0 Å². The van der Waals surface area contributed by atoms with E-state index in [1.54, 1.807) is 13.3 Å². The molecule has 0 aliphatic heterocycles. The third-order valence-electron chi connectivity index (χ3n) is 0.923. The number of methoxy groups -OCH3 is 1. The summed E-state index contributed by atoms with van der Waals surface area (Å²) in [7, 11) is 1.57. The first-order chi connectivity index (χ1) is 5.45. The molecule has 0 aromatic heterocycles. The lowest BCUT2D eigenvalue weighted by molar-refractivity contribution is 0.244. The highest BCUT2D eigenvalue weighted by Gasteiger charge is 2.04. The van der Waals surface area contributed by atoms with Crippen molar-refractivity contribution >= 4 is 12.1 Å². The van der Waals surface area contributed by atoms with Crippen LogP contribution in [0.1, 0.15) is 20.8 Å². The molecule has 0 aromatic carbocycles. The second-order valence-electron chi connectivity index (χ2n) is 3.63. The van der Waals surface area contributed by atoms with Crippen LogP contribution < -0.4 is 5.73 Å². The Morgan fingerprint density at radius 3 is 2.50 bits per heavy atom. The third-order valence-corrected chi connectivity index (χ3v) is 0.923. The summed E-state index contributed by atoms with van der Waals surface area (Å²) < 4.78 is 4.76. The Morgan fingerprint density at radius 1 is 1.50 bits per heavy atom. The van der Waals surface area contributed by atoms with E-state index in [2.05, 4.69) is 10.2 Å². The summed E-state index contributed by atoms with van der Waals surface area (Å²) in [6.45, 7) is 6.44. The van der Waals surface area contributed by atoms with Crippen LogP contribution in [0.3, 0.4) is 0 Å². The topological polar surface area (TPSA) is 60.0 Å². The quantitative estimate of drug-likeness (QED) is 0.391. The van der Waals surface area contributed by atoms with Crippen molar-refractivity contribution in [2.75, 3.05) is 13.7 Å². The van der Waals surface area contributed by atoms with Crippen LogP contribution in [0.25, 0.3) is 0 Å². The number of hydrogen-bond donors (Lipinski definition) is 1. The van der Waals surface area contributed by atoms with Gasteiger partial charge in [-0.05, 0) is 5.41 Å². The highest BCUT2D eigenvalue weighted by molar-refractivity contribution is 5.82. The Morgan fingerprint density at radius 2 is 2.08 bits per heavy atom. The fourth-order valence-electron chi connectivity index (χ4n) is 0.453. The summed E-state index contributed by atoms with van der Waals surface area (Å²) in [5, 5.41) is 7.56. The average Bonchev–Trinajstić information content (AvgIpc) is 1.84. The molecule has 0 saturated heterocycles. The van der Waals surface area contributed by atoms with Crippen LogP contribution in [0.15, 0.2) is 10.2 Å². The zero-order chi connectivity index (χ0) is 9.61. The van der Waals surface area contributed by atoms with Crippen LogP contribution in [-0.2, 0) is 4.74 Å². The lowest BCUT2D eigenvalue weighted by atomic mass is 9.99. The van der Waals surface area contributed by atoms with Gasteiger partial charge >= 0.3 is 0 Å². The average molecular weight is 171 g/mol. The molecule has 0 heterocycles. The van der Waals surface area contributed by atoms with E-state index in [0.717, 1.165) is 0 Å². The third kappa shape index (κ3) is 7.21. The van der Waals surface area contributed by atoms with E-state index >= 15 is 0 Å². The Kier molecular flexibility index (Phi) is 4.51. The first-order valence-electron chi connectivity index (χ1n) is 3.81. The maximum absolute atomic E-state index is 5.42. The standard InChI is InChI=1S/C8H17N3O/c1-8(2,3)6-10-11-7(9)5-12-4/h6H,5H2,1-4H3,(H2,9,11)/b10-6+. The molecule has 4 heteroatoms. The maximum Gasteiger partial charge on any atom is 0.148 e. The summed E-state index contributed by atoms with van der Waals surface area (Å²) in [6, 6.07) is 0. The van der Waals surface area contributed by atoms with Gasteiger partial charge in [0.1, 0.15) is 12.4 Å². The minimum atomic E-state index is 0.0385. The molecule has 0 aromatic rings. The molecule has 12 heavy (non-hydrogen) atoms. The predicted octanol–water partition coefficient (Wildman–Crippen LogP) is 1.02. The van der Waals surface area contributed by atoms with E-state index in [4.69, 9.17) is 10.5 Å². The van der Waals surface area contributed by atoms with E-state index in [9.17, 15) is 0 Å². The van der Waals surface area contributed by atoms with Gasteiger partial charge < -0.3 is 10.5 Å². The summed E-state index contributed by atoms with van der Waals surface area (Å²) >= 11 is 0. The van der Waals surface area contributed by atoms with Gasteiger partial charge in [0, 0.05) is 13.3 Å². The Hall–Kier alpha value is -0.900. The number of ether oxygens (including phenoxy) is 1. The molecule has 0 unspecified atom stereocenters. The van der Waals surface area contributed by atoms with Crippen LogP contribution in [0, 0.1) is 5.41 Å². The van der Waals surface area contributed by atoms with Gasteiger partial charge in [-0.25, -0.2) is 0 Å². The predicted molar refractivity (Wildman–Crippen MR) is 51.4 cm³/mol.